The summed E-state index contributed by atoms with van der Waals surface area (Å²) in [7, 11) is 4.64. The molecule has 1 saturated heterocycles. The van der Waals surface area contributed by atoms with Gasteiger partial charge in [0.2, 0.25) is 17.7 Å². The fourth-order valence-corrected chi connectivity index (χ4v) is 5.81. The highest BCUT2D eigenvalue weighted by atomic mass is 35.5. The number of imidazole rings is 1. The summed E-state index contributed by atoms with van der Waals surface area (Å²) in [6.07, 6.45) is 1.73. The van der Waals surface area contributed by atoms with Gasteiger partial charge in [-0.15, -0.1) is 0 Å². The molecule has 0 unspecified atom stereocenters. The number of nitrogens with one attached hydrogen (secondary N) is 2. The van der Waals surface area contributed by atoms with Crippen molar-refractivity contribution in [3.63, 3.8) is 0 Å². The summed E-state index contributed by atoms with van der Waals surface area (Å²) in [4.78, 5) is 50.0. The summed E-state index contributed by atoms with van der Waals surface area (Å²) in [6, 6.07) is 14.3. The van der Waals surface area contributed by atoms with Gasteiger partial charge in [-0.3, -0.25) is 28.8 Å². The second-order valence-corrected chi connectivity index (χ2v) is 11.5. The van der Waals surface area contributed by atoms with E-state index >= 15 is 0 Å². The fraction of sp³-hybridized carbons (Fsp3) is 0.344. The molecule has 1 fully saturated rings. The minimum atomic E-state index is -0.581. The summed E-state index contributed by atoms with van der Waals surface area (Å²) < 4.78 is 19.0. The number of carbonyl (C=O) groups is 3. The first-order valence-corrected chi connectivity index (χ1v) is 15.6. The quantitative estimate of drug-likeness (QED) is 0.231. The van der Waals surface area contributed by atoms with E-state index in [0.717, 1.165) is 11.2 Å². The molecule has 1 atom stereocenters. The molecule has 15 heteroatoms. The maximum absolute atomic E-state index is 13.1. The van der Waals surface area contributed by atoms with Crippen molar-refractivity contribution in [2.24, 2.45) is 0 Å². The number of hydrogen-bond donors (Lipinski definition) is 2. The Bertz CT molecular complexity index is 1750. The first-order valence-electron chi connectivity index (χ1n) is 14.8. The van der Waals surface area contributed by atoms with E-state index in [2.05, 4.69) is 20.6 Å². The lowest BCUT2D eigenvalue weighted by molar-refractivity contribution is -0.135. The molecular weight excluding hydrogens is 649 g/mol. The van der Waals surface area contributed by atoms with Crippen molar-refractivity contribution in [1.29, 1.82) is 0 Å². The molecule has 2 aromatic carbocycles. The number of pyridine rings is 1. The van der Waals surface area contributed by atoms with E-state index in [1.807, 2.05) is 34.9 Å². The molecular formula is C32H35Cl2N7O6. The number of amides is 3. The van der Waals surface area contributed by atoms with E-state index < -0.39 is 17.9 Å². The van der Waals surface area contributed by atoms with Crippen LogP contribution in [0.15, 0.2) is 54.7 Å². The molecule has 47 heavy (non-hydrogen) atoms. The zero-order valence-electron chi connectivity index (χ0n) is 26.2. The van der Waals surface area contributed by atoms with Crippen molar-refractivity contribution in [2.45, 2.75) is 19.2 Å². The standard InChI is InChI=1S/C32H35Cl2N7O6/c1-35-31(44)25-19-46-14-13-40(25)17-27(42)37-15-28(43)39(2)23-11-10-22(33)21(29(23)34)18-47-26-9-6-8-24-30(26)38-32(45-3)41(24)16-20-7-4-5-12-36-20/h4-12,25H,13-19H2,1-3H3,(H,35,44)(H,37,42)/t25-/m0/s1. The molecule has 248 valence electrons. The maximum atomic E-state index is 13.1. The lowest BCUT2D eigenvalue weighted by Gasteiger charge is -2.33. The van der Waals surface area contributed by atoms with Crippen LogP contribution in [0.1, 0.15) is 11.3 Å². The van der Waals surface area contributed by atoms with Crippen LogP contribution in [-0.4, -0.2) is 97.3 Å². The van der Waals surface area contributed by atoms with Gasteiger partial charge in [0.05, 0.1) is 61.9 Å². The fourth-order valence-electron chi connectivity index (χ4n) is 5.21. The summed E-state index contributed by atoms with van der Waals surface area (Å²) in [6.45, 7) is 1.12. The van der Waals surface area contributed by atoms with Gasteiger partial charge in [0, 0.05) is 37.4 Å². The molecule has 0 aliphatic carbocycles. The van der Waals surface area contributed by atoms with Crippen LogP contribution in [-0.2, 0) is 32.3 Å². The van der Waals surface area contributed by atoms with E-state index in [-0.39, 0.29) is 37.2 Å². The molecule has 1 aliphatic rings. The minimum Gasteiger partial charge on any atom is -0.486 e. The van der Waals surface area contributed by atoms with Gasteiger partial charge in [0.1, 0.15) is 23.9 Å². The van der Waals surface area contributed by atoms with Crippen molar-refractivity contribution in [1.82, 2.24) is 30.1 Å². The summed E-state index contributed by atoms with van der Waals surface area (Å²) in [5.41, 5.74) is 3.09. The number of benzene rings is 2. The number of para-hydroxylation sites is 1. The number of likely N-dealkylation sites (N-methyl/N-ethyl adjacent to an activating group) is 2. The molecule has 3 heterocycles. The van der Waals surface area contributed by atoms with E-state index in [4.69, 9.17) is 37.4 Å². The molecule has 3 amide bonds. The van der Waals surface area contributed by atoms with E-state index in [0.29, 0.717) is 53.2 Å². The van der Waals surface area contributed by atoms with Crippen LogP contribution in [0.2, 0.25) is 10.0 Å². The average molecular weight is 685 g/mol. The van der Waals surface area contributed by atoms with Gasteiger partial charge in [-0.05, 0) is 36.4 Å². The van der Waals surface area contributed by atoms with Crippen LogP contribution in [0.4, 0.5) is 5.69 Å². The third-order valence-corrected chi connectivity index (χ3v) is 8.56. The zero-order chi connectivity index (χ0) is 33.5. The average Bonchev–Trinajstić information content (AvgIpc) is 3.45. The number of morpholine rings is 1. The Morgan fingerprint density at radius 2 is 1.96 bits per heavy atom. The van der Waals surface area contributed by atoms with E-state index in [1.54, 1.807) is 43.5 Å². The molecule has 4 aromatic rings. The Balaban J connectivity index is 1.26. The third kappa shape index (κ3) is 7.76. The van der Waals surface area contributed by atoms with Crippen LogP contribution in [0, 0.1) is 0 Å². The van der Waals surface area contributed by atoms with Crippen LogP contribution in [0.3, 0.4) is 0 Å². The molecule has 5 rings (SSSR count). The molecule has 1 aliphatic heterocycles. The molecule has 2 aromatic heterocycles. The minimum absolute atomic E-state index is 0.00907. The van der Waals surface area contributed by atoms with Crippen molar-refractivity contribution in [2.75, 3.05) is 59.0 Å². The second-order valence-electron chi connectivity index (χ2n) is 10.7. The zero-order valence-corrected chi connectivity index (χ0v) is 27.7. The van der Waals surface area contributed by atoms with Gasteiger partial charge in [0.15, 0.2) is 0 Å². The van der Waals surface area contributed by atoms with Gasteiger partial charge in [-0.2, -0.15) is 4.98 Å². The number of rotatable bonds is 12. The Labute approximate surface area is 281 Å². The summed E-state index contributed by atoms with van der Waals surface area (Å²) in [5.74, 6) is -0.553. The Kier molecular flexibility index (Phi) is 11.1. The predicted octanol–water partition coefficient (Wildman–Crippen LogP) is 2.90. The molecule has 2 N–H and O–H groups in total. The van der Waals surface area contributed by atoms with Crippen molar-refractivity contribution in [3.8, 4) is 11.8 Å². The SMILES string of the molecule is CNC(=O)[C@@H]1COCCN1CC(=O)NCC(=O)N(C)c1ccc(Cl)c(COc2cccc3c2nc(OC)n3Cc2ccccn2)c1Cl. The highest BCUT2D eigenvalue weighted by molar-refractivity contribution is 6.38. The number of carbonyl (C=O) groups excluding carboxylic acids is 3. The number of fused-ring (bicyclic) bond motifs is 1. The number of methoxy groups -OCH3 is 1. The topological polar surface area (TPSA) is 140 Å². The summed E-state index contributed by atoms with van der Waals surface area (Å²) >= 11 is 13.3. The first-order chi connectivity index (χ1) is 22.7. The van der Waals surface area contributed by atoms with Gasteiger partial charge >= 0.3 is 0 Å². The Hall–Kier alpha value is -4.43. The number of hydrogen-bond acceptors (Lipinski definition) is 9. The number of anilines is 1. The van der Waals surface area contributed by atoms with Crippen LogP contribution in [0.25, 0.3) is 11.0 Å². The van der Waals surface area contributed by atoms with Crippen LogP contribution < -0.4 is 25.0 Å². The van der Waals surface area contributed by atoms with Gasteiger partial charge in [-0.25, -0.2) is 0 Å². The Morgan fingerprint density at radius 3 is 2.70 bits per heavy atom. The van der Waals surface area contributed by atoms with Gasteiger partial charge in [-0.1, -0.05) is 35.3 Å². The predicted molar refractivity (Wildman–Crippen MR) is 177 cm³/mol. The highest BCUT2D eigenvalue weighted by Gasteiger charge is 2.30. The first kappa shape index (κ1) is 33.9. The van der Waals surface area contributed by atoms with E-state index in [1.165, 1.54) is 11.9 Å². The third-order valence-electron chi connectivity index (χ3n) is 7.78. The number of halogens is 2. The highest BCUT2D eigenvalue weighted by Crippen LogP contribution is 2.36. The second kappa shape index (κ2) is 15.4. The smallest absolute Gasteiger partial charge is 0.297 e. The monoisotopic (exact) mass is 683 g/mol. The van der Waals surface area contributed by atoms with E-state index in [9.17, 15) is 14.4 Å². The lowest BCUT2D eigenvalue weighted by Crippen LogP contribution is -2.56. The summed E-state index contributed by atoms with van der Waals surface area (Å²) in [5, 5.41) is 5.80. The van der Waals surface area contributed by atoms with Crippen molar-refractivity contribution < 1.29 is 28.6 Å². The van der Waals surface area contributed by atoms with Gasteiger partial charge in [0.25, 0.3) is 6.01 Å². The normalized spacial score (nSPS) is 14.9. The largest absolute Gasteiger partial charge is 0.486 e. The molecule has 0 saturated carbocycles. The Morgan fingerprint density at radius 1 is 1.13 bits per heavy atom. The molecule has 0 spiro atoms. The molecule has 0 bridgehead atoms. The lowest BCUT2D eigenvalue weighted by atomic mass is 10.2. The number of aromatic nitrogens is 3. The van der Waals surface area contributed by atoms with Crippen LogP contribution >= 0.6 is 23.2 Å². The maximum Gasteiger partial charge on any atom is 0.297 e. The number of nitrogens with zero attached hydrogens (tertiary/aromatic N) is 5. The van der Waals surface area contributed by atoms with Crippen LogP contribution in [0.5, 0.6) is 11.8 Å². The number of ether oxygens (including phenoxy) is 3. The molecule has 13 nitrogen and oxygen atoms in total. The van der Waals surface area contributed by atoms with Gasteiger partial charge < -0.3 is 29.7 Å². The van der Waals surface area contributed by atoms with Crippen molar-refractivity contribution in [3.05, 3.63) is 76.0 Å². The molecule has 0 radical (unpaired) electrons. The van der Waals surface area contributed by atoms with Crippen molar-refractivity contribution >= 4 is 57.6 Å².